The average Bonchev–Trinajstić information content (AvgIpc) is 3.29. The molecule has 6 nitrogen and oxygen atoms in total. The second-order valence-electron chi connectivity index (χ2n) is 8.09. The van der Waals surface area contributed by atoms with E-state index in [9.17, 15) is 14.3 Å². The molecule has 5 rings (SSSR count). The number of aromatic amines is 1. The van der Waals surface area contributed by atoms with E-state index in [1.54, 1.807) is 35.5 Å². The highest BCUT2D eigenvalue weighted by atomic mass is 19.1. The van der Waals surface area contributed by atoms with E-state index in [-0.39, 0.29) is 17.5 Å². The number of phenolic OH excluding ortho intramolecular Hbond substituents is 1. The van der Waals surface area contributed by atoms with Gasteiger partial charge in [0.05, 0.1) is 6.04 Å². The Morgan fingerprint density at radius 1 is 1.16 bits per heavy atom. The minimum atomic E-state index is -0.493. The number of benzene rings is 2. The molecule has 0 saturated heterocycles. The van der Waals surface area contributed by atoms with Gasteiger partial charge < -0.3 is 10.0 Å². The monoisotopic (exact) mass is 428 g/mol. The standard InChI is InChI=1S/C25H21FN4O2/c1-14-10-15(2)20(19(31)11-14)22-21-23(29-28-22)25(32)30(13-16-4-3-9-27-12-16)24(21)17-5-7-18(26)8-6-17/h3-12,24,31H,13H2,1-2H3,(H,28,29). The number of hydrogen-bond acceptors (Lipinski definition) is 4. The van der Waals surface area contributed by atoms with E-state index in [1.807, 2.05) is 32.0 Å². The van der Waals surface area contributed by atoms with Crippen LogP contribution >= 0.6 is 0 Å². The summed E-state index contributed by atoms with van der Waals surface area (Å²) in [6.45, 7) is 4.14. The summed E-state index contributed by atoms with van der Waals surface area (Å²) in [4.78, 5) is 19.3. The predicted molar refractivity (Wildman–Crippen MR) is 118 cm³/mol. The summed E-state index contributed by atoms with van der Waals surface area (Å²) in [6.07, 6.45) is 3.40. The summed E-state index contributed by atoms with van der Waals surface area (Å²) < 4.78 is 13.7. The molecule has 7 heteroatoms. The van der Waals surface area contributed by atoms with Gasteiger partial charge in [-0.2, -0.15) is 5.10 Å². The van der Waals surface area contributed by atoms with Crippen LogP contribution in [0.25, 0.3) is 11.3 Å². The van der Waals surface area contributed by atoms with E-state index in [4.69, 9.17) is 0 Å². The number of aryl methyl sites for hydroxylation is 2. The molecule has 0 saturated carbocycles. The number of nitrogens with zero attached hydrogens (tertiary/aromatic N) is 3. The average molecular weight is 428 g/mol. The highest BCUT2D eigenvalue weighted by Gasteiger charge is 2.42. The van der Waals surface area contributed by atoms with Crippen molar-refractivity contribution in [3.63, 3.8) is 0 Å². The van der Waals surface area contributed by atoms with Crippen molar-refractivity contribution in [1.29, 1.82) is 0 Å². The molecule has 0 aliphatic carbocycles. The van der Waals surface area contributed by atoms with Gasteiger partial charge in [0.15, 0.2) is 0 Å². The number of phenols is 1. The van der Waals surface area contributed by atoms with Crippen molar-refractivity contribution < 1.29 is 14.3 Å². The molecule has 32 heavy (non-hydrogen) atoms. The molecule has 1 aliphatic rings. The number of amides is 1. The number of aromatic nitrogens is 3. The molecule has 0 bridgehead atoms. The van der Waals surface area contributed by atoms with E-state index >= 15 is 0 Å². The van der Waals surface area contributed by atoms with Crippen LogP contribution in [0.3, 0.4) is 0 Å². The van der Waals surface area contributed by atoms with Crippen LogP contribution in [0, 0.1) is 19.7 Å². The minimum Gasteiger partial charge on any atom is -0.507 e. The van der Waals surface area contributed by atoms with Gasteiger partial charge in [0.2, 0.25) is 0 Å². The lowest BCUT2D eigenvalue weighted by atomic mass is 9.93. The summed E-state index contributed by atoms with van der Waals surface area (Å²) >= 11 is 0. The number of carbonyl (C=O) groups excluding carboxylic acids is 1. The third-order valence-corrected chi connectivity index (χ3v) is 5.82. The number of nitrogens with one attached hydrogen (secondary N) is 1. The van der Waals surface area contributed by atoms with Gasteiger partial charge in [-0.05, 0) is 60.4 Å². The fourth-order valence-corrected chi connectivity index (χ4v) is 4.48. The third-order valence-electron chi connectivity index (χ3n) is 5.82. The number of hydrogen-bond donors (Lipinski definition) is 2. The predicted octanol–water partition coefficient (Wildman–Crippen LogP) is 4.68. The highest BCUT2D eigenvalue weighted by Crippen LogP contribution is 2.46. The van der Waals surface area contributed by atoms with Crippen LogP contribution < -0.4 is 0 Å². The van der Waals surface area contributed by atoms with Gasteiger partial charge in [-0.3, -0.25) is 14.9 Å². The molecular weight excluding hydrogens is 407 g/mol. The minimum absolute atomic E-state index is 0.104. The largest absolute Gasteiger partial charge is 0.507 e. The number of pyridine rings is 1. The zero-order chi connectivity index (χ0) is 22.4. The first kappa shape index (κ1) is 19.9. The zero-order valence-corrected chi connectivity index (χ0v) is 17.6. The van der Waals surface area contributed by atoms with Gasteiger partial charge in [0.1, 0.15) is 23.0 Å². The maximum Gasteiger partial charge on any atom is 0.273 e. The quantitative estimate of drug-likeness (QED) is 0.495. The first-order valence-electron chi connectivity index (χ1n) is 10.3. The Morgan fingerprint density at radius 3 is 2.62 bits per heavy atom. The molecule has 1 atom stereocenters. The Morgan fingerprint density at radius 2 is 1.94 bits per heavy atom. The van der Waals surface area contributed by atoms with Gasteiger partial charge in [-0.25, -0.2) is 4.39 Å². The number of halogens is 1. The maximum atomic E-state index is 13.7. The number of rotatable bonds is 4. The normalized spacial score (nSPS) is 15.3. The van der Waals surface area contributed by atoms with E-state index in [0.717, 1.165) is 22.3 Å². The van der Waals surface area contributed by atoms with Crippen LogP contribution in [0.5, 0.6) is 5.75 Å². The number of H-pyrrole nitrogens is 1. The van der Waals surface area contributed by atoms with Gasteiger partial charge in [0, 0.05) is 30.1 Å². The molecule has 0 radical (unpaired) electrons. The van der Waals surface area contributed by atoms with E-state index in [0.29, 0.717) is 29.1 Å². The van der Waals surface area contributed by atoms with Gasteiger partial charge in [0.25, 0.3) is 5.91 Å². The molecule has 1 amide bonds. The molecule has 2 aromatic heterocycles. The third kappa shape index (κ3) is 3.22. The van der Waals surface area contributed by atoms with Gasteiger partial charge in [-0.15, -0.1) is 0 Å². The molecule has 2 aromatic carbocycles. The molecular formula is C25H21FN4O2. The van der Waals surface area contributed by atoms with Crippen molar-refractivity contribution >= 4 is 5.91 Å². The van der Waals surface area contributed by atoms with E-state index < -0.39 is 6.04 Å². The first-order valence-corrected chi connectivity index (χ1v) is 10.3. The molecule has 2 N–H and O–H groups in total. The highest BCUT2D eigenvalue weighted by molar-refractivity contribution is 6.00. The number of aromatic hydroxyl groups is 1. The Labute approximate surface area is 184 Å². The Kier molecular flexibility index (Phi) is 4.74. The van der Waals surface area contributed by atoms with Crippen molar-refractivity contribution in [3.05, 3.63) is 100 Å². The first-order chi connectivity index (χ1) is 15.4. The SMILES string of the molecule is Cc1cc(C)c(-c2n[nH]c3c2C(c2ccc(F)cc2)N(Cc2cccnc2)C3=O)c(O)c1. The molecule has 1 unspecified atom stereocenters. The topological polar surface area (TPSA) is 82.1 Å². The molecule has 4 aromatic rings. The van der Waals surface area contributed by atoms with Crippen LogP contribution in [0.1, 0.15) is 44.3 Å². The number of fused-ring (bicyclic) bond motifs is 1. The lowest BCUT2D eigenvalue weighted by Crippen LogP contribution is -2.29. The summed E-state index contributed by atoms with van der Waals surface area (Å²) in [5.41, 5.74) is 5.57. The van der Waals surface area contributed by atoms with Crippen molar-refractivity contribution in [2.45, 2.75) is 26.4 Å². The summed E-state index contributed by atoms with van der Waals surface area (Å²) in [7, 11) is 0. The van der Waals surface area contributed by atoms with Crippen LogP contribution in [-0.4, -0.2) is 31.1 Å². The fraction of sp³-hybridized carbons (Fsp3) is 0.160. The van der Waals surface area contributed by atoms with Crippen LogP contribution in [0.4, 0.5) is 4.39 Å². The lowest BCUT2D eigenvalue weighted by molar-refractivity contribution is 0.0730. The van der Waals surface area contributed by atoms with Crippen molar-refractivity contribution in [2.24, 2.45) is 0 Å². The zero-order valence-electron chi connectivity index (χ0n) is 17.6. The second kappa shape index (κ2) is 7.60. The second-order valence-corrected chi connectivity index (χ2v) is 8.09. The molecule has 3 heterocycles. The molecule has 160 valence electrons. The summed E-state index contributed by atoms with van der Waals surface area (Å²) in [5, 5.41) is 18.0. The van der Waals surface area contributed by atoms with Crippen molar-refractivity contribution in [3.8, 4) is 17.0 Å². The summed E-state index contributed by atoms with van der Waals surface area (Å²) in [5.74, 6) is -0.453. The van der Waals surface area contributed by atoms with Gasteiger partial charge in [-0.1, -0.05) is 24.3 Å². The van der Waals surface area contributed by atoms with E-state index in [2.05, 4.69) is 15.2 Å². The fourth-order valence-electron chi connectivity index (χ4n) is 4.48. The molecule has 1 aliphatic heterocycles. The summed E-state index contributed by atoms with van der Waals surface area (Å²) in [6, 6.07) is 13.0. The maximum absolute atomic E-state index is 13.7. The molecule has 0 spiro atoms. The van der Waals surface area contributed by atoms with Gasteiger partial charge >= 0.3 is 0 Å². The van der Waals surface area contributed by atoms with E-state index in [1.165, 1.54) is 12.1 Å². The Balaban J connectivity index is 1.69. The van der Waals surface area contributed by atoms with Crippen molar-refractivity contribution in [1.82, 2.24) is 20.1 Å². The number of carbonyl (C=O) groups is 1. The lowest BCUT2D eigenvalue weighted by Gasteiger charge is -2.26. The van der Waals surface area contributed by atoms with Crippen LogP contribution in [0.2, 0.25) is 0 Å². The smallest absolute Gasteiger partial charge is 0.273 e. The Hall–Kier alpha value is -4.00. The molecule has 0 fully saturated rings. The Bertz CT molecular complexity index is 1290. The van der Waals surface area contributed by atoms with Crippen LogP contribution in [-0.2, 0) is 6.54 Å². The van der Waals surface area contributed by atoms with Crippen molar-refractivity contribution in [2.75, 3.05) is 0 Å². The van der Waals surface area contributed by atoms with Crippen LogP contribution in [0.15, 0.2) is 60.9 Å².